The first-order chi connectivity index (χ1) is 14.4. The molecule has 3 rings (SSSR count). The molecule has 7 heteroatoms. The summed E-state index contributed by atoms with van der Waals surface area (Å²) in [7, 11) is 3.02. The smallest absolute Gasteiger partial charge is 0.257 e. The molecule has 2 N–H and O–H groups in total. The first kappa shape index (κ1) is 21.5. The van der Waals surface area contributed by atoms with Crippen LogP contribution in [0.15, 0.2) is 36.4 Å². The van der Waals surface area contributed by atoms with E-state index >= 15 is 0 Å². The molecule has 1 atom stereocenters. The van der Waals surface area contributed by atoms with Gasteiger partial charge in [0.05, 0.1) is 19.8 Å². The molecule has 0 radical (unpaired) electrons. The predicted octanol–water partition coefficient (Wildman–Crippen LogP) is 3.92. The van der Waals surface area contributed by atoms with E-state index in [0.29, 0.717) is 41.8 Å². The number of methoxy groups -OCH3 is 2. The van der Waals surface area contributed by atoms with Crippen molar-refractivity contribution >= 4 is 17.5 Å². The number of piperidine rings is 1. The van der Waals surface area contributed by atoms with Crippen LogP contribution in [0.2, 0.25) is 0 Å². The minimum atomic E-state index is -0.375. The molecule has 0 aliphatic carbocycles. The van der Waals surface area contributed by atoms with Gasteiger partial charge in [0.1, 0.15) is 17.2 Å². The van der Waals surface area contributed by atoms with Gasteiger partial charge in [0.2, 0.25) is 0 Å². The molecule has 1 aliphatic rings. The molecular formula is C23H28N2O5. The summed E-state index contributed by atoms with van der Waals surface area (Å²) < 4.78 is 10.4. The summed E-state index contributed by atoms with van der Waals surface area (Å²) in [6.45, 7) is 3.49. The van der Waals surface area contributed by atoms with Gasteiger partial charge in [-0.3, -0.25) is 9.59 Å². The quantitative estimate of drug-likeness (QED) is 0.702. The van der Waals surface area contributed by atoms with E-state index in [9.17, 15) is 14.7 Å². The lowest BCUT2D eigenvalue weighted by Crippen LogP contribution is -2.39. The average Bonchev–Trinajstić information content (AvgIpc) is 2.79. The van der Waals surface area contributed by atoms with Crippen molar-refractivity contribution in [2.24, 2.45) is 5.92 Å². The van der Waals surface area contributed by atoms with Crippen LogP contribution in [0.3, 0.4) is 0 Å². The SMILES string of the molecule is CC[C@H]1CCCN(C(=O)c2cc(NC(=O)c3cc(OC)cc(OC)c3)ccc2O)C1. The van der Waals surface area contributed by atoms with Crippen molar-refractivity contribution in [1.29, 1.82) is 0 Å². The van der Waals surface area contributed by atoms with Gasteiger partial charge in [-0.1, -0.05) is 13.3 Å². The summed E-state index contributed by atoms with van der Waals surface area (Å²) in [5.41, 5.74) is 0.966. The Morgan fingerprint density at radius 2 is 1.83 bits per heavy atom. The lowest BCUT2D eigenvalue weighted by Gasteiger charge is -2.32. The Morgan fingerprint density at radius 1 is 1.13 bits per heavy atom. The number of anilines is 1. The number of carbonyl (C=O) groups excluding carboxylic acids is 2. The maximum Gasteiger partial charge on any atom is 0.257 e. The highest BCUT2D eigenvalue weighted by atomic mass is 16.5. The molecule has 1 fully saturated rings. The zero-order chi connectivity index (χ0) is 21.7. The van der Waals surface area contributed by atoms with Gasteiger partial charge in [-0.25, -0.2) is 0 Å². The summed E-state index contributed by atoms with van der Waals surface area (Å²) in [5, 5.41) is 13.0. The molecule has 2 aromatic rings. The number of phenolic OH excluding ortho intramolecular Hbond substituents is 1. The van der Waals surface area contributed by atoms with Gasteiger partial charge >= 0.3 is 0 Å². The van der Waals surface area contributed by atoms with Gasteiger partial charge in [0.15, 0.2) is 0 Å². The summed E-state index contributed by atoms with van der Waals surface area (Å²) in [5.74, 6) is 0.786. The lowest BCUT2D eigenvalue weighted by molar-refractivity contribution is 0.0668. The molecule has 30 heavy (non-hydrogen) atoms. The van der Waals surface area contributed by atoms with Crippen LogP contribution in [-0.2, 0) is 0 Å². The molecule has 1 aliphatic heterocycles. The van der Waals surface area contributed by atoms with Gasteiger partial charge in [-0.15, -0.1) is 0 Å². The van der Waals surface area contributed by atoms with Crippen LogP contribution >= 0.6 is 0 Å². The lowest BCUT2D eigenvalue weighted by atomic mass is 9.95. The molecule has 2 amide bonds. The Bertz CT molecular complexity index is 906. The van der Waals surface area contributed by atoms with Crippen molar-refractivity contribution < 1.29 is 24.2 Å². The Balaban J connectivity index is 1.80. The molecule has 160 valence electrons. The standard InChI is InChI=1S/C23H28N2O5/c1-4-15-6-5-9-25(14-15)23(28)20-12-17(7-8-21(20)26)24-22(27)16-10-18(29-2)13-19(11-16)30-3/h7-8,10-13,15,26H,4-6,9,14H2,1-3H3,(H,24,27)/t15-/m0/s1. The fraction of sp³-hybridized carbons (Fsp3) is 0.391. The summed E-state index contributed by atoms with van der Waals surface area (Å²) in [6, 6.07) is 9.38. The number of benzene rings is 2. The first-order valence-electron chi connectivity index (χ1n) is 10.1. The van der Waals surface area contributed by atoms with E-state index < -0.39 is 0 Å². The molecule has 1 saturated heterocycles. The van der Waals surface area contributed by atoms with Crippen molar-refractivity contribution in [3.05, 3.63) is 47.5 Å². The molecule has 0 saturated carbocycles. The van der Waals surface area contributed by atoms with Crippen molar-refractivity contribution in [3.8, 4) is 17.2 Å². The van der Waals surface area contributed by atoms with Crippen LogP contribution in [0.1, 0.15) is 46.9 Å². The van der Waals surface area contributed by atoms with Crippen LogP contribution < -0.4 is 14.8 Å². The topological polar surface area (TPSA) is 88.1 Å². The molecule has 0 aromatic heterocycles. The monoisotopic (exact) mass is 412 g/mol. The number of nitrogens with one attached hydrogen (secondary N) is 1. The van der Waals surface area contributed by atoms with Crippen LogP contribution in [0.25, 0.3) is 0 Å². The minimum absolute atomic E-state index is 0.0975. The van der Waals surface area contributed by atoms with E-state index in [1.54, 1.807) is 29.2 Å². The highest BCUT2D eigenvalue weighted by molar-refractivity contribution is 6.06. The first-order valence-corrected chi connectivity index (χ1v) is 10.1. The number of hydrogen-bond donors (Lipinski definition) is 2. The average molecular weight is 412 g/mol. The molecule has 0 bridgehead atoms. The Morgan fingerprint density at radius 3 is 2.47 bits per heavy atom. The van der Waals surface area contributed by atoms with Crippen molar-refractivity contribution in [2.75, 3.05) is 32.6 Å². The van der Waals surface area contributed by atoms with E-state index in [2.05, 4.69) is 12.2 Å². The molecular weight excluding hydrogens is 384 g/mol. The number of carbonyl (C=O) groups is 2. The maximum absolute atomic E-state index is 13.0. The molecule has 1 heterocycles. The van der Waals surface area contributed by atoms with Crippen LogP contribution in [-0.4, -0.2) is 49.1 Å². The second-order valence-corrected chi connectivity index (χ2v) is 7.46. The van der Waals surface area contributed by atoms with E-state index in [0.717, 1.165) is 19.3 Å². The van der Waals surface area contributed by atoms with Crippen molar-refractivity contribution in [3.63, 3.8) is 0 Å². The third-order valence-corrected chi connectivity index (χ3v) is 5.48. The number of rotatable bonds is 6. The summed E-state index contributed by atoms with van der Waals surface area (Å²) in [4.78, 5) is 27.5. The number of nitrogens with zero attached hydrogens (tertiary/aromatic N) is 1. The molecule has 7 nitrogen and oxygen atoms in total. The van der Waals surface area contributed by atoms with Gasteiger partial charge in [-0.05, 0) is 49.1 Å². The third kappa shape index (κ3) is 4.84. The predicted molar refractivity (Wildman–Crippen MR) is 115 cm³/mol. The highest BCUT2D eigenvalue weighted by Crippen LogP contribution is 2.28. The second-order valence-electron chi connectivity index (χ2n) is 7.46. The van der Waals surface area contributed by atoms with E-state index in [1.165, 1.54) is 26.4 Å². The maximum atomic E-state index is 13.0. The zero-order valence-electron chi connectivity index (χ0n) is 17.6. The minimum Gasteiger partial charge on any atom is -0.507 e. The Kier molecular flexibility index (Phi) is 6.82. The largest absolute Gasteiger partial charge is 0.507 e. The number of likely N-dealkylation sites (tertiary alicyclic amines) is 1. The van der Waals surface area contributed by atoms with E-state index in [-0.39, 0.29) is 23.1 Å². The molecule has 2 aromatic carbocycles. The van der Waals surface area contributed by atoms with Gasteiger partial charge in [0.25, 0.3) is 11.8 Å². The molecule has 0 unspecified atom stereocenters. The van der Waals surface area contributed by atoms with Crippen LogP contribution in [0.5, 0.6) is 17.2 Å². The fourth-order valence-corrected chi connectivity index (χ4v) is 3.68. The normalized spacial score (nSPS) is 16.1. The number of hydrogen-bond acceptors (Lipinski definition) is 5. The zero-order valence-corrected chi connectivity index (χ0v) is 17.6. The fourth-order valence-electron chi connectivity index (χ4n) is 3.68. The Labute approximate surface area is 176 Å². The van der Waals surface area contributed by atoms with E-state index in [4.69, 9.17) is 9.47 Å². The Hall–Kier alpha value is -3.22. The number of aromatic hydroxyl groups is 1. The number of phenols is 1. The number of amides is 2. The second kappa shape index (κ2) is 9.52. The van der Waals surface area contributed by atoms with Crippen LogP contribution in [0.4, 0.5) is 5.69 Å². The van der Waals surface area contributed by atoms with Crippen molar-refractivity contribution in [2.45, 2.75) is 26.2 Å². The van der Waals surface area contributed by atoms with Crippen LogP contribution in [0, 0.1) is 5.92 Å². The number of ether oxygens (including phenoxy) is 2. The van der Waals surface area contributed by atoms with E-state index in [1.807, 2.05) is 0 Å². The van der Waals surface area contributed by atoms with Crippen molar-refractivity contribution in [1.82, 2.24) is 4.90 Å². The van der Waals surface area contributed by atoms with Gasteiger partial charge in [-0.2, -0.15) is 0 Å². The highest BCUT2D eigenvalue weighted by Gasteiger charge is 2.25. The third-order valence-electron chi connectivity index (χ3n) is 5.48. The van der Waals surface area contributed by atoms with Gasteiger partial charge in [0, 0.05) is 30.4 Å². The van der Waals surface area contributed by atoms with Gasteiger partial charge < -0.3 is 24.8 Å². The summed E-state index contributed by atoms with van der Waals surface area (Å²) >= 11 is 0. The molecule has 0 spiro atoms. The summed E-state index contributed by atoms with van der Waals surface area (Å²) in [6.07, 6.45) is 3.10.